The number of rotatable bonds is 10. The lowest BCUT2D eigenvalue weighted by Gasteiger charge is -2.13. The second-order valence-corrected chi connectivity index (χ2v) is 6.32. The summed E-state index contributed by atoms with van der Waals surface area (Å²) in [5, 5.41) is 11.5. The third-order valence-corrected chi connectivity index (χ3v) is 4.15. The molecule has 2 N–H and O–H groups in total. The Labute approximate surface area is 159 Å². The van der Waals surface area contributed by atoms with Crippen LogP contribution in [-0.2, 0) is 22.4 Å². The summed E-state index contributed by atoms with van der Waals surface area (Å²) in [7, 11) is 1.63. The molecule has 2 rings (SSSR count). The van der Waals surface area contributed by atoms with Crippen LogP contribution >= 0.6 is 0 Å². The number of aliphatic carboxylic acids is 1. The topological polar surface area (TPSA) is 84.9 Å². The van der Waals surface area contributed by atoms with Crippen LogP contribution in [-0.4, -0.2) is 37.2 Å². The van der Waals surface area contributed by atoms with Gasteiger partial charge in [0.05, 0.1) is 7.11 Å². The van der Waals surface area contributed by atoms with E-state index in [-0.39, 0.29) is 18.4 Å². The number of ether oxygens (including phenoxy) is 2. The van der Waals surface area contributed by atoms with Crippen molar-refractivity contribution < 1.29 is 24.2 Å². The minimum atomic E-state index is -1.01. The fourth-order valence-electron chi connectivity index (χ4n) is 2.61. The fourth-order valence-corrected chi connectivity index (χ4v) is 2.61. The molecule has 0 bridgehead atoms. The third-order valence-electron chi connectivity index (χ3n) is 4.15. The van der Waals surface area contributed by atoms with E-state index in [9.17, 15) is 9.59 Å². The van der Waals surface area contributed by atoms with Gasteiger partial charge in [-0.1, -0.05) is 31.2 Å². The summed E-state index contributed by atoms with van der Waals surface area (Å²) in [6.45, 7) is 2.09. The Morgan fingerprint density at radius 1 is 1.00 bits per heavy atom. The Hall–Kier alpha value is -3.02. The predicted octanol–water partition coefficient (Wildman–Crippen LogP) is 2.70. The van der Waals surface area contributed by atoms with E-state index < -0.39 is 5.97 Å². The highest BCUT2D eigenvalue weighted by atomic mass is 16.5. The van der Waals surface area contributed by atoms with Crippen LogP contribution in [0.15, 0.2) is 48.5 Å². The molecular weight excluding hydrogens is 346 g/mol. The lowest BCUT2D eigenvalue weighted by molar-refractivity contribution is -0.139. The summed E-state index contributed by atoms with van der Waals surface area (Å²) in [4.78, 5) is 22.7. The second kappa shape index (κ2) is 10.2. The minimum absolute atomic E-state index is 0.0206. The Balaban J connectivity index is 1.73. The molecule has 1 atom stereocenters. The summed E-state index contributed by atoms with van der Waals surface area (Å²) in [5.41, 5.74) is 2.14. The number of benzene rings is 2. The molecule has 6 nitrogen and oxygen atoms in total. The maximum atomic E-state index is 12.3. The molecule has 2 aromatic carbocycles. The molecule has 0 fully saturated rings. The van der Waals surface area contributed by atoms with Gasteiger partial charge in [0.2, 0.25) is 5.91 Å². The number of carboxylic acids is 1. The molecule has 0 heterocycles. The number of methoxy groups -OCH3 is 1. The van der Waals surface area contributed by atoms with Crippen LogP contribution in [0.1, 0.15) is 18.1 Å². The molecule has 144 valence electrons. The number of hydrogen-bond acceptors (Lipinski definition) is 4. The van der Waals surface area contributed by atoms with E-state index >= 15 is 0 Å². The number of hydrogen-bond donors (Lipinski definition) is 2. The maximum Gasteiger partial charge on any atom is 0.341 e. The molecular formula is C21H25NO5. The van der Waals surface area contributed by atoms with Crippen LogP contribution in [0.5, 0.6) is 11.5 Å². The van der Waals surface area contributed by atoms with Gasteiger partial charge in [0.25, 0.3) is 0 Å². The lowest BCUT2D eigenvalue weighted by atomic mass is 10.00. The molecule has 1 unspecified atom stereocenters. The highest BCUT2D eigenvalue weighted by Gasteiger charge is 2.13. The normalized spacial score (nSPS) is 11.5. The molecule has 0 aliphatic heterocycles. The Bertz CT molecular complexity index is 740. The standard InChI is InChI=1S/C21H25NO5/c1-15(13-17-5-7-18(26-2)8-6-17)21(25)22-12-11-16-3-9-19(10-4-16)27-14-20(23)24/h3-10,15H,11-14H2,1-2H3,(H,22,25)(H,23,24). The van der Waals surface area contributed by atoms with E-state index in [2.05, 4.69) is 5.32 Å². The van der Waals surface area contributed by atoms with Crippen molar-refractivity contribution >= 4 is 11.9 Å². The Morgan fingerprint density at radius 3 is 2.19 bits per heavy atom. The SMILES string of the molecule is COc1ccc(CC(C)C(=O)NCCc2ccc(OCC(=O)O)cc2)cc1. The van der Waals surface area contributed by atoms with Crippen molar-refractivity contribution in [1.82, 2.24) is 5.32 Å². The van der Waals surface area contributed by atoms with E-state index in [1.54, 1.807) is 19.2 Å². The Kier molecular flexibility index (Phi) is 7.67. The number of nitrogens with one attached hydrogen (secondary N) is 1. The molecule has 0 spiro atoms. The zero-order valence-electron chi connectivity index (χ0n) is 15.6. The van der Waals surface area contributed by atoms with E-state index in [0.29, 0.717) is 25.1 Å². The summed E-state index contributed by atoms with van der Waals surface area (Å²) in [6.07, 6.45) is 1.37. The molecule has 0 radical (unpaired) electrons. The minimum Gasteiger partial charge on any atom is -0.497 e. The average Bonchev–Trinajstić information content (AvgIpc) is 2.67. The zero-order chi connectivity index (χ0) is 19.6. The first-order valence-corrected chi connectivity index (χ1v) is 8.82. The van der Waals surface area contributed by atoms with Crippen LogP contribution in [0, 0.1) is 5.92 Å². The smallest absolute Gasteiger partial charge is 0.341 e. The number of carbonyl (C=O) groups is 2. The first-order chi connectivity index (χ1) is 13.0. The Morgan fingerprint density at radius 2 is 1.59 bits per heavy atom. The van der Waals surface area contributed by atoms with Gasteiger partial charge in [-0.2, -0.15) is 0 Å². The van der Waals surface area contributed by atoms with Gasteiger partial charge in [0.15, 0.2) is 6.61 Å². The van der Waals surface area contributed by atoms with E-state index in [1.165, 1.54) is 0 Å². The highest BCUT2D eigenvalue weighted by molar-refractivity contribution is 5.78. The van der Waals surface area contributed by atoms with Gasteiger partial charge in [0.1, 0.15) is 11.5 Å². The summed E-state index contributed by atoms with van der Waals surface area (Å²) >= 11 is 0. The molecule has 1 amide bonds. The van der Waals surface area contributed by atoms with Gasteiger partial charge in [-0.05, 0) is 48.2 Å². The lowest BCUT2D eigenvalue weighted by Crippen LogP contribution is -2.31. The fraction of sp³-hybridized carbons (Fsp3) is 0.333. The summed E-state index contributed by atoms with van der Waals surface area (Å²) < 4.78 is 10.2. The van der Waals surface area contributed by atoms with Crippen molar-refractivity contribution in [2.45, 2.75) is 19.8 Å². The summed E-state index contributed by atoms with van der Waals surface area (Å²) in [5.74, 6) is 0.205. The molecule has 6 heteroatoms. The van der Waals surface area contributed by atoms with Gasteiger partial charge in [-0.3, -0.25) is 4.79 Å². The van der Waals surface area contributed by atoms with Crippen molar-refractivity contribution in [3.8, 4) is 11.5 Å². The van der Waals surface area contributed by atoms with Crippen LogP contribution in [0.25, 0.3) is 0 Å². The summed E-state index contributed by atoms with van der Waals surface area (Å²) in [6, 6.07) is 14.9. The van der Waals surface area contributed by atoms with Crippen molar-refractivity contribution in [3.63, 3.8) is 0 Å². The predicted molar refractivity (Wildman–Crippen MR) is 102 cm³/mol. The van der Waals surface area contributed by atoms with E-state index in [1.807, 2.05) is 43.3 Å². The average molecular weight is 371 g/mol. The maximum absolute atomic E-state index is 12.3. The highest BCUT2D eigenvalue weighted by Crippen LogP contribution is 2.15. The van der Waals surface area contributed by atoms with E-state index in [4.69, 9.17) is 14.6 Å². The monoisotopic (exact) mass is 371 g/mol. The van der Waals surface area contributed by atoms with Gasteiger partial charge in [-0.25, -0.2) is 4.79 Å². The third kappa shape index (κ3) is 7.01. The van der Waals surface area contributed by atoms with Gasteiger partial charge >= 0.3 is 5.97 Å². The quantitative estimate of drug-likeness (QED) is 0.671. The molecule has 2 aromatic rings. The van der Waals surface area contributed by atoms with Gasteiger partial charge < -0.3 is 19.9 Å². The molecule has 0 aliphatic carbocycles. The van der Waals surface area contributed by atoms with Crippen LogP contribution < -0.4 is 14.8 Å². The van der Waals surface area contributed by atoms with Crippen molar-refractivity contribution in [1.29, 1.82) is 0 Å². The van der Waals surface area contributed by atoms with Crippen LogP contribution in [0.2, 0.25) is 0 Å². The number of amides is 1. The molecule has 0 saturated heterocycles. The van der Waals surface area contributed by atoms with Crippen LogP contribution in [0.3, 0.4) is 0 Å². The van der Waals surface area contributed by atoms with Crippen molar-refractivity contribution in [2.24, 2.45) is 5.92 Å². The first kappa shape index (κ1) is 20.3. The van der Waals surface area contributed by atoms with Gasteiger partial charge in [-0.15, -0.1) is 0 Å². The first-order valence-electron chi connectivity index (χ1n) is 8.82. The van der Waals surface area contributed by atoms with Crippen molar-refractivity contribution in [2.75, 3.05) is 20.3 Å². The van der Waals surface area contributed by atoms with Gasteiger partial charge in [0, 0.05) is 12.5 Å². The zero-order valence-corrected chi connectivity index (χ0v) is 15.6. The molecule has 27 heavy (non-hydrogen) atoms. The largest absolute Gasteiger partial charge is 0.497 e. The van der Waals surface area contributed by atoms with Crippen LogP contribution in [0.4, 0.5) is 0 Å². The second-order valence-electron chi connectivity index (χ2n) is 6.32. The molecule has 0 aliphatic rings. The van der Waals surface area contributed by atoms with E-state index in [0.717, 1.165) is 16.9 Å². The molecule has 0 aromatic heterocycles. The van der Waals surface area contributed by atoms with Crippen molar-refractivity contribution in [3.05, 3.63) is 59.7 Å². The number of carbonyl (C=O) groups excluding carboxylic acids is 1. The molecule has 0 saturated carbocycles. The number of carboxylic acid groups (broad SMARTS) is 1.